The number of rotatable bonds is 3. The Morgan fingerprint density at radius 1 is 1.30 bits per heavy atom. The molecule has 1 unspecified atom stereocenters. The lowest BCUT2D eigenvalue weighted by Gasteiger charge is -2.23. The van der Waals surface area contributed by atoms with Crippen molar-refractivity contribution in [2.45, 2.75) is 23.5 Å². The molecule has 2 aromatic rings. The zero-order chi connectivity index (χ0) is 16.4. The van der Waals surface area contributed by atoms with Gasteiger partial charge in [-0.3, -0.25) is 9.59 Å². The molecule has 0 spiro atoms. The lowest BCUT2D eigenvalue weighted by Crippen LogP contribution is -2.32. The van der Waals surface area contributed by atoms with Gasteiger partial charge >= 0.3 is 0 Å². The molecule has 1 aliphatic heterocycles. The Balaban J connectivity index is 1.66. The number of aryl methyl sites for hydroxylation is 1. The molecule has 0 aliphatic carbocycles. The van der Waals surface area contributed by atoms with Crippen molar-refractivity contribution in [3.63, 3.8) is 0 Å². The van der Waals surface area contributed by atoms with Crippen LogP contribution in [0.5, 0.6) is 0 Å². The van der Waals surface area contributed by atoms with E-state index in [9.17, 15) is 9.59 Å². The van der Waals surface area contributed by atoms with Crippen molar-refractivity contribution >= 4 is 50.9 Å². The second-order valence-corrected chi connectivity index (χ2v) is 7.41. The van der Waals surface area contributed by atoms with Crippen molar-refractivity contribution in [2.75, 3.05) is 10.6 Å². The Bertz CT molecular complexity index is 779. The first kappa shape index (κ1) is 16.1. The van der Waals surface area contributed by atoms with Crippen LogP contribution >= 0.6 is 27.7 Å². The van der Waals surface area contributed by atoms with Crippen molar-refractivity contribution in [3.05, 3.63) is 52.5 Å². The van der Waals surface area contributed by atoms with Crippen molar-refractivity contribution in [3.8, 4) is 0 Å². The zero-order valence-electron chi connectivity index (χ0n) is 12.4. The number of hydrogen-bond donors (Lipinski definition) is 2. The molecule has 1 heterocycles. The molecule has 23 heavy (non-hydrogen) atoms. The number of carbonyl (C=O) groups excluding carboxylic acids is 2. The van der Waals surface area contributed by atoms with Crippen molar-refractivity contribution in [1.82, 2.24) is 0 Å². The van der Waals surface area contributed by atoms with Gasteiger partial charge in [-0.05, 0) is 42.8 Å². The van der Waals surface area contributed by atoms with Crippen molar-refractivity contribution in [1.29, 1.82) is 0 Å². The van der Waals surface area contributed by atoms with Crippen LogP contribution in [0.1, 0.15) is 12.0 Å². The molecule has 0 aromatic heterocycles. The molecule has 118 valence electrons. The smallest absolute Gasteiger partial charge is 0.238 e. The summed E-state index contributed by atoms with van der Waals surface area (Å²) in [6.45, 7) is 1.96. The average molecular weight is 391 g/mol. The van der Waals surface area contributed by atoms with Crippen LogP contribution in [0.25, 0.3) is 0 Å². The summed E-state index contributed by atoms with van der Waals surface area (Å²) in [6, 6.07) is 13.2. The molecule has 2 N–H and O–H groups in total. The summed E-state index contributed by atoms with van der Waals surface area (Å²) in [6.07, 6.45) is 0.139. The molecule has 3 rings (SSSR count). The van der Waals surface area contributed by atoms with E-state index in [4.69, 9.17) is 0 Å². The molecule has 6 heteroatoms. The average Bonchev–Trinajstić information content (AvgIpc) is 2.51. The molecule has 1 aliphatic rings. The van der Waals surface area contributed by atoms with Gasteiger partial charge in [0, 0.05) is 21.5 Å². The third-order valence-corrected chi connectivity index (χ3v) is 5.68. The number of amides is 2. The Labute approximate surface area is 147 Å². The van der Waals surface area contributed by atoms with E-state index in [1.165, 1.54) is 11.8 Å². The Morgan fingerprint density at radius 2 is 2.09 bits per heavy atom. The fourth-order valence-electron chi connectivity index (χ4n) is 2.33. The molecule has 2 aromatic carbocycles. The van der Waals surface area contributed by atoms with Crippen molar-refractivity contribution in [2.24, 2.45) is 0 Å². The van der Waals surface area contributed by atoms with E-state index in [0.29, 0.717) is 0 Å². The van der Waals surface area contributed by atoms with Crippen LogP contribution in [-0.2, 0) is 9.59 Å². The highest BCUT2D eigenvalue weighted by atomic mass is 79.9. The summed E-state index contributed by atoms with van der Waals surface area (Å²) in [5.41, 5.74) is 2.58. The fourth-order valence-corrected chi connectivity index (χ4v) is 3.69. The van der Waals surface area contributed by atoms with E-state index in [1.807, 2.05) is 49.4 Å². The van der Waals surface area contributed by atoms with Gasteiger partial charge in [0.15, 0.2) is 0 Å². The zero-order valence-corrected chi connectivity index (χ0v) is 14.8. The molecule has 0 saturated heterocycles. The number of carbonyl (C=O) groups is 2. The second-order valence-electron chi connectivity index (χ2n) is 5.31. The lowest BCUT2D eigenvalue weighted by atomic mass is 10.2. The molecular weight excluding hydrogens is 376 g/mol. The van der Waals surface area contributed by atoms with Crippen LogP contribution in [0.2, 0.25) is 0 Å². The molecule has 0 fully saturated rings. The van der Waals surface area contributed by atoms with Crippen LogP contribution < -0.4 is 10.6 Å². The Morgan fingerprint density at radius 3 is 2.87 bits per heavy atom. The monoisotopic (exact) mass is 390 g/mol. The number of nitrogens with one attached hydrogen (secondary N) is 2. The van der Waals surface area contributed by atoms with Crippen LogP contribution in [-0.4, -0.2) is 17.1 Å². The summed E-state index contributed by atoms with van der Waals surface area (Å²) in [4.78, 5) is 25.3. The number of thioether (sulfide) groups is 1. The highest BCUT2D eigenvalue weighted by molar-refractivity contribution is 9.10. The normalized spacial score (nSPS) is 16.4. The first-order chi connectivity index (χ1) is 11.0. The molecule has 4 nitrogen and oxygen atoms in total. The van der Waals surface area contributed by atoms with Crippen LogP contribution in [0.4, 0.5) is 11.4 Å². The number of hydrogen-bond acceptors (Lipinski definition) is 3. The van der Waals surface area contributed by atoms with Gasteiger partial charge in [0.25, 0.3) is 0 Å². The minimum atomic E-state index is -0.415. The number of fused-ring (bicyclic) bond motifs is 1. The van der Waals surface area contributed by atoms with Crippen LogP contribution in [0.3, 0.4) is 0 Å². The maximum atomic E-state index is 12.2. The number of halogens is 1. The second kappa shape index (κ2) is 6.76. The highest BCUT2D eigenvalue weighted by Gasteiger charge is 2.28. The molecule has 1 atom stereocenters. The Hall–Kier alpha value is -1.79. The van der Waals surface area contributed by atoms with E-state index >= 15 is 0 Å². The predicted octanol–water partition coefficient (Wildman–Crippen LogP) is 4.20. The summed E-state index contributed by atoms with van der Waals surface area (Å²) in [5, 5.41) is 5.28. The number of benzene rings is 2. The van der Waals surface area contributed by atoms with Gasteiger partial charge in [0.2, 0.25) is 11.8 Å². The maximum absolute atomic E-state index is 12.2. The minimum absolute atomic E-state index is 0.129. The van der Waals surface area contributed by atoms with E-state index in [0.717, 1.165) is 26.3 Å². The number of para-hydroxylation sites is 1. The van der Waals surface area contributed by atoms with Gasteiger partial charge in [-0.15, -0.1) is 11.8 Å². The standard InChI is InChI=1S/C17H15BrN2O2S/c1-10-8-11(6-7-12(10)18)19-16(21)9-15-17(22)20-13-4-2-3-5-14(13)23-15/h2-8,15H,9H2,1H3,(H,19,21)(H,20,22). The number of anilines is 2. The van der Waals surface area contributed by atoms with Gasteiger partial charge in [-0.25, -0.2) is 0 Å². The van der Waals surface area contributed by atoms with E-state index in [2.05, 4.69) is 26.6 Å². The quantitative estimate of drug-likeness (QED) is 0.825. The Kier molecular flexibility index (Phi) is 4.73. The first-order valence-corrected chi connectivity index (χ1v) is 8.83. The van der Waals surface area contributed by atoms with Crippen LogP contribution in [0, 0.1) is 6.92 Å². The summed E-state index contributed by atoms with van der Waals surface area (Å²) >= 11 is 4.86. The largest absolute Gasteiger partial charge is 0.326 e. The third kappa shape index (κ3) is 3.76. The van der Waals surface area contributed by atoms with E-state index in [1.54, 1.807) is 0 Å². The molecule has 2 amide bonds. The first-order valence-electron chi connectivity index (χ1n) is 7.15. The van der Waals surface area contributed by atoms with E-state index < -0.39 is 5.25 Å². The predicted molar refractivity (Wildman–Crippen MR) is 96.8 cm³/mol. The SMILES string of the molecule is Cc1cc(NC(=O)CC2Sc3ccccc3NC2=O)ccc1Br. The topological polar surface area (TPSA) is 58.2 Å². The third-order valence-electron chi connectivity index (χ3n) is 3.52. The van der Waals surface area contributed by atoms with Gasteiger partial charge in [0.1, 0.15) is 0 Å². The highest BCUT2D eigenvalue weighted by Crippen LogP contribution is 2.36. The van der Waals surface area contributed by atoms with Gasteiger partial charge in [-0.2, -0.15) is 0 Å². The van der Waals surface area contributed by atoms with Gasteiger partial charge < -0.3 is 10.6 Å². The molecular formula is C17H15BrN2O2S. The molecule has 0 saturated carbocycles. The van der Waals surface area contributed by atoms with Gasteiger partial charge in [0.05, 0.1) is 10.9 Å². The lowest BCUT2D eigenvalue weighted by molar-refractivity contribution is -0.120. The molecule has 0 bridgehead atoms. The maximum Gasteiger partial charge on any atom is 0.238 e. The fraction of sp³-hybridized carbons (Fsp3) is 0.176. The van der Waals surface area contributed by atoms with Crippen LogP contribution in [0.15, 0.2) is 51.8 Å². The summed E-state index contributed by atoms with van der Waals surface area (Å²) < 4.78 is 0.995. The molecule has 0 radical (unpaired) electrons. The minimum Gasteiger partial charge on any atom is -0.326 e. The van der Waals surface area contributed by atoms with Crippen molar-refractivity contribution < 1.29 is 9.59 Å². The summed E-state index contributed by atoms with van der Waals surface area (Å²) in [7, 11) is 0. The van der Waals surface area contributed by atoms with E-state index in [-0.39, 0.29) is 18.2 Å². The van der Waals surface area contributed by atoms with Gasteiger partial charge in [-0.1, -0.05) is 28.1 Å². The summed E-state index contributed by atoms with van der Waals surface area (Å²) in [5.74, 6) is -0.297.